The number of halogens is 1. The summed E-state index contributed by atoms with van der Waals surface area (Å²) in [5, 5.41) is 0.107. The highest BCUT2D eigenvalue weighted by molar-refractivity contribution is 6.34. The zero-order valence-electron chi connectivity index (χ0n) is 17.4. The van der Waals surface area contributed by atoms with Crippen LogP contribution in [-0.4, -0.2) is 47.6 Å². The molecule has 4 rings (SSSR count). The van der Waals surface area contributed by atoms with Gasteiger partial charge in [0.2, 0.25) is 5.95 Å². The number of aromatic nitrogens is 3. The Balaban J connectivity index is 1.75. The van der Waals surface area contributed by atoms with Crippen LogP contribution in [0.15, 0.2) is 6.20 Å². The van der Waals surface area contributed by atoms with Gasteiger partial charge < -0.3 is 20.1 Å². The molecule has 0 aromatic carbocycles. The average Bonchev–Trinajstić information content (AvgIpc) is 2.72. The van der Waals surface area contributed by atoms with Crippen LogP contribution >= 0.6 is 11.6 Å². The summed E-state index contributed by atoms with van der Waals surface area (Å²) in [6, 6.07) is 0. The van der Waals surface area contributed by atoms with Crippen LogP contribution in [0.3, 0.4) is 0 Å². The molecule has 0 aliphatic carbocycles. The molecule has 2 N–H and O–H groups in total. The zero-order chi connectivity index (χ0) is 21.4. The van der Waals surface area contributed by atoms with Crippen molar-refractivity contribution in [1.82, 2.24) is 15.0 Å². The molecule has 0 spiro atoms. The van der Waals surface area contributed by atoms with Crippen molar-refractivity contribution < 1.29 is 14.3 Å². The lowest BCUT2D eigenvalue weighted by atomic mass is 9.79. The number of aryl methyl sites for hydroxylation is 1. The Morgan fingerprint density at radius 1 is 1.30 bits per heavy atom. The number of nitrogens with two attached hydrogens (primary N) is 1. The number of Topliss-reactive ketones (excluding diaryl/α,β-unsaturated/α-hetero) is 1. The molecule has 0 amide bonds. The molecule has 9 heteroatoms. The molecule has 1 unspecified atom stereocenters. The first-order valence-corrected chi connectivity index (χ1v) is 10.5. The number of nitrogens with zero attached hydrogens (tertiary/aromatic N) is 4. The largest absolute Gasteiger partial charge is 0.496 e. The normalized spacial score (nSPS) is 19.7. The maximum atomic E-state index is 13.3. The third-order valence-corrected chi connectivity index (χ3v) is 6.36. The fourth-order valence-electron chi connectivity index (χ4n) is 4.50. The standard InChI is InChI=1S/C21H26ClN5O3/c1-11-8-24-15(12(2)18(11)29-3)10-27-9-14(13-4-6-30-7-5-13)17(28)16-19(22)25-21(23)26-20(16)27/h8,13-14H,4-7,9-10H2,1-3H3,(H2,23,25,26). The minimum atomic E-state index is -0.196. The molecule has 2 aromatic rings. The van der Waals surface area contributed by atoms with Gasteiger partial charge in [0.15, 0.2) is 5.78 Å². The Hall–Kier alpha value is -2.45. The first kappa shape index (κ1) is 20.8. The van der Waals surface area contributed by atoms with Gasteiger partial charge in [-0.1, -0.05) is 11.6 Å². The number of hydrogen-bond donors (Lipinski definition) is 1. The number of ketones is 1. The number of rotatable bonds is 4. The summed E-state index contributed by atoms with van der Waals surface area (Å²) in [7, 11) is 1.66. The first-order valence-electron chi connectivity index (χ1n) is 10.1. The molecule has 30 heavy (non-hydrogen) atoms. The van der Waals surface area contributed by atoms with Crippen molar-refractivity contribution in [1.29, 1.82) is 0 Å². The van der Waals surface area contributed by atoms with Crippen LogP contribution in [0.4, 0.5) is 11.8 Å². The van der Waals surface area contributed by atoms with Crippen LogP contribution in [-0.2, 0) is 11.3 Å². The molecule has 2 aromatic heterocycles. The SMILES string of the molecule is COc1c(C)cnc(CN2CC(C3CCOCC3)C(=O)c3c(Cl)nc(N)nc32)c1C. The predicted molar refractivity (Wildman–Crippen MR) is 114 cm³/mol. The number of methoxy groups -OCH3 is 1. The molecule has 0 radical (unpaired) electrons. The van der Waals surface area contributed by atoms with Crippen molar-refractivity contribution in [2.24, 2.45) is 11.8 Å². The lowest BCUT2D eigenvalue weighted by Gasteiger charge is -2.38. The van der Waals surface area contributed by atoms with Crippen LogP contribution in [0.2, 0.25) is 5.15 Å². The number of nitrogen functional groups attached to an aromatic ring is 1. The van der Waals surface area contributed by atoms with Crippen molar-refractivity contribution >= 4 is 29.2 Å². The number of carbonyl (C=O) groups excluding carboxylic acids is 1. The molecular formula is C21H26ClN5O3. The number of pyridine rings is 1. The molecule has 0 bridgehead atoms. The van der Waals surface area contributed by atoms with Crippen molar-refractivity contribution in [3.63, 3.8) is 0 Å². The molecular weight excluding hydrogens is 406 g/mol. The second-order valence-electron chi connectivity index (χ2n) is 7.92. The molecule has 1 atom stereocenters. The summed E-state index contributed by atoms with van der Waals surface area (Å²) in [5.74, 6) is 1.36. The molecule has 2 aliphatic heterocycles. The first-order chi connectivity index (χ1) is 14.4. The van der Waals surface area contributed by atoms with E-state index in [0.717, 1.165) is 35.4 Å². The van der Waals surface area contributed by atoms with E-state index in [1.54, 1.807) is 13.3 Å². The van der Waals surface area contributed by atoms with Gasteiger partial charge in [-0.05, 0) is 32.6 Å². The summed E-state index contributed by atoms with van der Waals surface area (Å²) >= 11 is 6.38. The fourth-order valence-corrected chi connectivity index (χ4v) is 4.77. The predicted octanol–water partition coefficient (Wildman–Crippen LogP) is 2.98. The van der Waals surface area contributed by atoms with Gasteiger partial charge in [0.05, 0.1) is 24.9 Å². The molecule has 1 saturated heterocycles. The van der Waals surface area contributed by atoms with Crippen LogP contribution in [0.5, 0.6) is 5.75 Å². The molecule has 160 valence electrons. The van der Waals surface area contributed by atoms with E-state index in [4.69, 9.17) is 26.8 Å². The van der Waals surface area contributed by atoms with E-state index in [-0.39, 0.29) is 28.7 Å². The Morgan fingerprint density at radius 2 is 2.03 bits per heavy atom. The van der Waals surface area contributed by atoms with Gasteiger partial charge >= 0.3 is 0 Å². The maximum Gasteiger partial charge on any atom is 0.223 e. The Morgan fingerprint density at radius 3 is 2.73 bits per heavy atom. The Labute approximate surface area is 180 Å². The lowest BCUT2D eigenvalue weighted by molar-refractivity contribution is 0.0432. The summed E-state index contributed by atoms with van der Waals surface area (Å²) in [4.78, 5) is 28.4. The van der Waals surface area contributed by atoms with Crippen molar-refractivity contribution in [2.45, 2.75) is 33.2 Å². The fraction of sp³-hybridized carbons (Fsp3) is 0.524. The molecule has 2 aliphatic rings. The highest BCUT2D eigenvalue weighted by atomic mass is 35.5. The highest BCUT2D eigenvalue weighted by Crippen LogP contribution is 2.39. The van der Waals surface area contributed by atoms with Gasteiger partial charge in [-0.15, -0.1) is 0 Å². The van der Waals surface area contributed by atoms with Crippen molar-refractivity contribution in [2.75, 3.05) is 37.5 Å². The van der Waals surface area contributed by atoms with Crippen LogP contribution in [0.1, 0.15) is 40.0 Å². The van der Waals surface area contributed by atoms with Crippen LogP contribution < -0.4 is 15.4 Å². The van der Waals surface area contributed by atoms with E-state index >= 15 is 0 Å². The topological polar surface area (TPSA) is 103 Å². The smallest absolute Gasteiger partial charge is 0.223 e. The third-order valence-electron chi connectivity index (χ3n) is 6.09. The van der Waals surface area contributed by atoms with Gasteiger partial charge in [0.1, 0.15) is 16.7 Å². The number of hydrogen-bond acceptors (Lipinski definition) is 8. The average molecular weight is 432 g/mol. The summed E-state index contributed by atoms with van der Waals surface area (Å²) in [6.45, 7) is 6.29. The van der Waals surface area contributed by atoms with E-state index in [0.29, 0.717) is 37.7 Å². The molecule has 0 saturated carbocycles. The zero-order valence-corrected chi connectivity index (χ0v) is 18.2. The summed E-state index contributed by atoms with van der Waals surface area (Å²) < 4.78 is 11.0. The number of ether oxygens (including phenoxy) is 2. The van der Waals surface area contributed by atoms with Crippen molar-refractivity contribution in [3.05, 3.63) is 33.7 Å². The van der Waals surface area contributed by atoms with Gasteiger partial charge in [-0.3, -0.25) is 9.78 Å². The Kier molecular flexibility index (Phi) is 5.79. The van der Waals surface area contributed by atoms with E-state index in [2.05, 4.69) is 15.0 Å². The minimum Gasteiger partial charge on any atom is -0.496 e. The quantitative estimate of drug-likeness (QED) is 0.737. The molecule has 8 nitrogen and oxygen atoms in total. The monoisotopic (exact) mass is 431 g/mol. The van der Waals surface area contributed by atoms with Crippen LogP contribution in [0, 0.1) is 25.7 Å². The van der Waals surface area contributed by atoms with E-state index in [9.17, 15) is 4.79 Å². The van der Waals surface area contributed by atoms with E-state index in [1.807, 2.05) is 18.7 Å². The summed E-state index contributed by atoms with van der Waals surface area (Å²) in [5.41, 5.74) is 9.01. The minimum absolute atomic E-state index is 0.00989. The number of carbonyl (C=O) groups is 1. The lowest BCUT2D eigenvalue weighted by Crippen LogP contribution is -2.44. The van der Waals surface area contributed by atoms with E-state index < -0.39 is 0 Å². The van der Waals surface area contributed by atoms with E-state index in [1.165, 1.54) is 0 Å². The summed E-state index contributed by atoms with van der Waals surface area (Å²) in [6.07, 6.45) is 3.50. The molecule has 4 heterocycles. The second kappa shape index (κ2) is 8.35. The number of anilines is 2. The van der Waals surface area contributed by atoms with Gasteiger partial charge in [0.25, 0.3) is 0 Å². The van der Waals surface area contributed by atoms with Crippen molar-refractivity contribution in [3.8, 4) is 5.75 Å². The second-order valence-corrected chi connectivity index (χ2v) is 8.28. The van der Waals surface area contributed by atoms with Crippen LogP contribution in [0.25, 0.3) is 0 Å². The Bertz CT molecular complexity index is 978. The molecule has 1 fully saturated rings. The maximum absolute atomic E-state index is 13.3. The number of fused-ring (bicyclic) bond motifs is 1. The van der Waals surface area contributed by atoms with Gasteiger partial charge in [-0.25, -0.2) is 4.98 Å². The van der Waals surface area contributed by atoms with Gasteiger partial charge in [-0.2, -0.15) is 4.98 Å². The third kappa shape index (κ3) is 3.70. The highest BCUT2D eigenvalue weighted by Gasteiger charge is 2.40. The van der Waals surface area contributed by atoms with Gasteiger partial charge in [0, 0.05) is 43.0 Å².